The number of piperidine rings is 1. The molecule has 1 atom stereocenters. The van der Waals surface area contributed by atoms with Crippen LogP contribution in [0.3, 0.4) is 0 Å². The van der Waals surface area contributed by atoms with Crippen LogP contribution in [0.1, 0.15) is 23.2 Å². The van der Waals surface area contributed by atoms with Gasteiger partial charge in [0.15, 0.2) is 5.82 Å². The molecular formula is C26H26F3N5O4. The number of hydrogen-bond donors (Lipinski definition) is 2. The fourth-order valence-electron chi connectivity index (χ4n) is 5.20. The number of aromatic nitrogens is 3. The van der Waals surface area contributed by atoms with Crippen LogP contribution >= 0.6 is 0 Å². The first kappa shape index (κ1) is 25.4. The Morgan fingerprint density at radius 1 is 1.21 bits per heavy atom. The van der Waals surface area contributed by atoms with Gasteiger partial charge in [0.2, 0.25) is 0 Å². The molecule has 9 nitrogen and oxygen atoms in total. The molecule has 5 rings (SSSR count). The molecule has 0 aliphatic carbocycles. The number of alkyl halides is 3. The van der Waals surface area contributed by atoms with Gasteiger partial charge in [-0.15, -0.1) is 0 Å². The van der Waals surface area contributed by atoms with Crippen LogP contribution in [-0.4, -0.2) is 68.5 Å². The fraction of sp³-hybridized carbons (Fsp3) is 0.346. The summed E-state index contributed by atoms with van der Waals surface area (Å²) < 4.78 is 49.0. The number of methoxy groups -OCH3 is 1. The standard InChI is InChI=1S/C26H26F3N5O4/c1-32-22-18(31-23(32)20-11-15-6-3-4-8-19(15)34(20)14-26(27,28)29)10-16(12-21(22)38-2)24(35)33-9-5-7-17(13-33)30-25(36)37/h3-4,6,8,10-12,17,30H,5,7,9,13-14H2,1-2H3,(H,36,37). The SMILES string of the molecule is COc1cc(C(=O)N2CCCC(NC(=O)O)C2)cc2nc(-c3cc4ccccc4n3CC(F)(F)F)n(C)c12. The van der Waals surface area contributed by atoms with E-state index in [4.69, 9.17) is 9.84 Å². The summed E-state index contributed by atoms with van der Waals surface area (Å²) in [4.78, 5) is 30.6. The zero-order chi connectivity index (χ0) is 27.2. The number of para-hydroxylation sites is 1. The molecule has 0 bridgehead atoms. The Kier molecular flexibility index (Phi) is 6.41. The van der Waals surface area contributed by atoms with E-state index in [1.165, 1.54) is 11.7 Å². The predicted molar refractivity (Wildman–Crippen MR) is 134 cm³/mol. The molecule has 200 valence electrons. The molecule has 3 heterocycles. The summed E-state index contributed by atoms with van der Waals surface area (Å²) in [6.45, 7) is -0.473. The first-order valence-corrected chi connectivity index (χ1v) is 12.0. The highest BCUT2D eigenvalue weighted by molar-refractivity contribution is 6.00. The van der Waals surface area contributed by atoms with Crippen LogP contribution in [-0.2, 0) is 13.6 Å². The molecule has 1 aliphatic heterocycles. The molecule has 2 aromatic carbocycles. The summed E-state index contributed by atoms with van der Waals surface area (Å²) in [6.07, 6.45) is -4.31. The minimum atomic E-state index is -4.44. The molecule has 2 aromatic heterocycles. The number of carboxylic acid groups (broad SMARTS) is 1. The molecule has 1 aliphatic rings. The predicted octanol–water partition coefficient (Wildman–Crippen LogP) is 4.64. The fourth-order valence-corrected chi connectivity index (χ4v) is 5.20. The van der Waals surface area contributed by atoms with Crippen LogP contribution < -0.4 is 10.1 Å². The largest absolute Gasteiger partial charge is 0.494 e. The smallest absolute Gasteiger partial charge is 0.406 e. The molecule has 1 fully saturated rings. The number of carbonyl (C=O) groups excluding carboxylic acids is 1. The minimum absolute atomic E-state index is 0.233. The maximum Gasteiger partial charge on any atom is 0.406 e. The molecule has 0 spiro atoms. The van der Waals surface area contributed by atoms with Gasteiger partial charge in [0.25, 0.3) is 5.91 Å². The van der Waals surface area contributed by atoms with Crippen molar-refractivity contribution < 1.29 is 32.6 Å². The number of aryl methyl sites for hydroxylation is 1. The Morgan fingerprint density at radius 3 is 2.68 bits per heavy atom. The van der Waals surface area contributed by atoms with Crippen molar-refractivity contribution in [2.24, 2.45) is 7.05 Å². The van der Waals surface area contributed by atoms with E-state index in [-0.39, 0.29) is 24.2 Å². The molecule has 0 radical (unpaired) electrons. The molecule has 2 N–H and O–H groups in total. The Labute approximate surface area is 215 Å². The summed E-state index contributed by atoms with van der Waals surface area (Å²) in [7, 11) is 3.14. The summed E-state index contributed by atoms with van der Waals surface area (Å²) in [5.74, 6) is 0.343. The summed E-state index contributed by atoms with van der Waals surface area (Å²) in [5.41, 5.74) is 1.95. The average Bonchev–Trinajstić information content (AvgIpc) is 3.39. The number of amides is 2. The van der Waals surface area contributed by atoms with Crippen LogP contribution in [0.2, 0.25) is 0 Å². The first-order chi connectivity index (χ1) is 18.1. The molecule has 0 saturated carbocycles. The van der Waals surface area contributed by atoms with E-state index in [9.17, 15) is 22.8 Å². The third kappa shape index (κ3) is 4.73. The molecule has 4 aromatic rings. The van der Waals surface area contributed by atoms with Crippen LogP contribution in [0.15, 0.2) is 42.5 Å². The van der Waals surface area contributed by atoms with Gasteiger partial charge in [0.1, 0.15) is 17.8 Å². The number of rotatable bonds is 5. The van der Waals surface area contributed by atoms with Crippen molar-refractivity contribution in [2.45, 2.75) is 31.6 Å². The second-order valence-corrected chi connectivity index (χ2v) is 9.37. The molecular weight excluding hydrogens is 503 g/mol. The number of imidazole rings is 1. The van der Waals surface area contributed by atoms with Gasteiger partial charge >= 0.3 is 12.3 Å². The number of fused-ring (bicyclic) bond motifs is 2. The van der Waals surface area contributed by atoms with E-state index in [1.54, 1.807) is 59.0 Å². The van der Waals surface area contributed by atoms with Gasteiger partial charge in [-0.1, -0.05) is 18.2 Å². The second-order valence-electron chi connectivity index (χ2n) is 9.37. The lowest BCUT2D eigenvalue weighted by molar-refractivity contribution is -0.139. The Hall–Kier alpha value is -4.22. The van der Waals surface area contributed by atoms with Gasteiger partial charge in [0.05, 0.1) is 18.3 Å². The van der Waals surface area contributed by atoms with E-state index in [2.05, 4.69) is 10.3 Å². The zero-order valence-electron chi connectivity index (χ0n) is 20.7. The highest BCUT2D eigenvalue weighted by Gasteiger charge is 2.31. The van der Waals surface area contributed by atoms with Gasteiger partial charge in [-0.25, -0.2) is 9.78 Å². The summed E-state index contributed by atoms with van der Waals surface area (Å²) in [6, 6.07) is 11.3. The maximum atomic E-state index is 13.5. The third-order valence-electron chi connectivity index (χ3n) is 6.81. The quantitative estimate of drug-likeness (QED) is 0.392. The van der Waals surface area contributed by atoms with Crippen molar-refractivity contribution in [3.8, 4) is 17.3 Å². The van der Waals surface area contributed by atoms with E-state index in [1.807, 2.05) is 0 Å². The number of nitrogens with zero attached hydrogens (tertiary/aromatic N) is 4. The number of hydrogen-bond acceptors (Lipinski definition) is 4. The zero-order valence-corrected chi connectivity index (χ0v) is 20.7. The monoisotopic (exact) mass is 529 g/mol. The van der Waals surface area contributed by atoms with Crippen molar-refractivity contribution in [2.75, 3.05) is 20.2 Å². The van der Waals surface area contributed by atoms with Crippen LogP contribution in [0.25, 0.3) is 33.5 Å². The van der Waals surface area contributed by atoms with Gasteiger partial charge in [-0.2, -0.15) is 13.2 Å². The lowest BCUT2D eigenvalue weighted by atomic mass is 10.0. The molecule has 2 amide bonds. The molecule has 38 heavy (non-hydrogen) atoms. The van der Waals surface area contributed by atoms with E-state index in [0.717, 1.165) is 0 Å². The molecule has 12 heteroatoms. The van der Waals surface area contributed by atoms with Crippen LogP contribution in [0.4, 0.5) is 18.0 Å². The van der Waals surface area contributed by atoms with Gasteiger partial charge in [-0.05, 0) is 37.1 Å². The number of ether oxygens (including phenoxy) is 1. The van der Waals surface area contributed by atoms with Crippen molar-refractivity contribution in [3.63, 3.8) is 0 Å². The van der Waals surface area contributed by atoms with Gasteiger partial charge < -0.3 is 29.2 Å². The summed E-state index contributed by atoms with van der Waals surface area (Å²) in [5, 5.41) is 12.1. The first-order valence-electron chi connectivity index (χ1n) is 12.0. The lowest BCUT2D eigenvalue weighted by Gasteiger charge is -2.32. The topological polar surface area (TPSA) is 102 Å². The van der Waals surface area contributed by atoms with Gasteiger partial charge in [-0.3, -0.25) is 4.79 Å². The Morgan fingerprint density at radius 2 is 1.97 bits per heavy atom. The number of carbonyl (C=O) groups is 2. The molecule has 1 unspecified atom stereocenters. The van der Waals surface area contributed by atoms with E-state index in [0.29, 0.717) is 58.5 Å². The van der Waals surface area contributed by atoms with Crippen LogP contribution in [0, 0.1) is 0 Å². The van der Waals surface area contributed by atoms with Crippen molar-refractivity contribution in [1.82, 2.24) is 24.3 Å². The second kappa shape index (κ2) is 9.58. The highest BCUT2D eigenvalue weighted by Crippen LogP contribution is 2.36. The van der Waals surface area contributed by atoms with Crippen LogP contribution in [0.5, 0.6) is 5.75 Å². The number of nitrogens with one attached hydrogen (secondary N) is 1. The third-order valence-corrected chi connectivity index (χ3v) is 6.81. The normalized spacial score (nSPS) is 16.2. The van der Waals surface area contributed by atoms with Crippen molar-refractivity contribution in [3.05, 3.63) is 48.0 Å². The van der Waals surface area contributed by atoms with E-state index < -0.39 is 18.8 Å². The highest BCUT2D eigenvalue weighted by atomic mass is 19.4. The average molecular weight is 530 g/mol. The maximum absolute atomic E-state index is 13.5. The van der Waals surface area contributed by atoms with E-state index >= 15 is 0 Å². The summed E-state index contributed by atoms with van der Waals surface area (Å²) >= 11 is 0. The number of halogens is 3. The Bertz CT molecular complexity index is 1540. The van der Waals surface area contributed by atoms with Crippen molar-refractivity contribution >= 4 is 33.9 Å². The minimum Gasteiger partial charge on any atom is -0.494 e. The van der Waals surface area contributed by atoms with Gasteiger partial charge in [0, 0.05) is 42.6 Å². The van der Waals surface area contributed by atoms with Crippen molar-refractivity contribution in [1.29, 1.82) is 0 Å². The Balaban J connectivity index is 1.58. The molecule has 1 saturated heterocycles. The number of likely N-dealkylation sites (tertiary alicyclic amines) is 1. The lowest BCUT2D eigenvalue weighted by Crippen LogP contribution is -2.49. The number of benzene rings is 2.